The molecule has 0 spiro atoms. The van der Waals surface area contributed by atoms with E-state index in [0.29, 0.717) is 19.5 Å². The van der Waals surface area contributed by atoms with Gasteiger partial charge >= 0.3 is 0 Å². The van der Waals surface area contributed by atoms with E-state index in [1.807, 2.05) is 23.1 Å². The van der Waals surface area contributed by atoms with Crippen LogP contribution >= 0.6 is 11.3 Å². The number of fused-ring (bicyclic) bond motifs is 1. The number of nitrogens with zero attached hydrogens (tertiary/aromatic N) is 4. The molecule has 4 rings (SSSR count). The van der Waals surface area contributed by atoms with Crippen LogP contribution in [-0.4, -0.2) is 58.0 Å². The van der Waals surface area contributed by atoms with Gasteiger partial charge in [0.15, 0.2) is 5.13 Å². The Balaban J connectivity index is 1.36. The highest BCUT2D eigenvalue weighted by molar-refractivity contribution is 7.22. The summed E-state index contributed by atoms with van der Waals surface area (Å²) in [6.45, 7) is 2.90. The number of nitrogens with one attached hydrogen (secondary N) is 1. The molecule has 7 nitrogen and oxygen atoms in total. The highest BCUT2D eigenvalue weighted by atomic mass is 32.1. The second-order valence-electron chi connectivity index (χ2n) is 6.16. The third-order valence-corrected chi connectivity index (χ3v) is 5.55. The van der Waals surface area contributed by atoms with Crippen LogP contribution in [0.3, 0.4) is 0 Å². The molecule has 2 aromatic heterocycles. The van der Waals surface area contributed by atoms with Crippen LogP contribution in [0, 0.1) is 0 Å². The standard InChI is InChI=1S/C17H20N6OS/c18-13(9-12-10-19-11-20-12)16(24)22-5-7-23(8-6-22)17-21-14-3-1-2-4-15(14)25-17/h1-4,10-11,13H,5-9,18H2,(H,19,20)/t13-/m0/s1. The van der Waals surface area contributed by atoms with Crippen LogP contribution < -0.4 is 10.6 Å². The summed E-state index contributed by atoms with van der Waals surface area (Å²) in [5, 5.41) is 1.02. The molecule has 1 saturated heterocycles. The smallest absolute Gasteiger partial charge is 0.240 e. The summed E-state index contributed by atoms with van der Waals surface area (Å²) in [5.74, 6) is -0.00134. The number of aromatic amines is 1. The predicted molar refractivity (Wildman–Crippen MR) is 98.7 cm³/mol. The number of rotatable bonds is 4. The van der Waals surface area contributed by atoms with Gasteiger partial charge in [-0.05, 0) is 12.1 Å². The zero-order valence-corrected chi connectivity index (χ0v) is 14.6. The van der Waals surface area contributed by atoms with E-state index < -0.39 is 6.04 Å². The Morgan fingerprint density at radius 2 is 2.08 bits per heavy atom. The van der Waals surface area contributed by atoms with Crippen molar-refractivity contribution in [1.29, 1.82) is 0 Å². The Labute approximate surface area is 149 Å². The molecule has 0 aliphatic carbocycles. The number of para-hydroxylation sites is 1. The lowest BCUT2D eigenvalue weighted by Gasteiger charge is -2.35. The number of anilines is 1. The fourth-order valence-corrected chi connectivity index (χ4v) is 4.09. The number of benzene rings is 1. The van der Waals surface area contributed by atoms with Gasteiger partial charge in [0.1, 0.15) is 0 Å². The number of hydrogen-bond donors (Lipinski definition) is 2. The molecule has 3 aromatic rings. The van der Waals surface area contributed by atoms with Gasteiger partial charge in [0.05, 0.1) is 22.6 Å². The SMILES string of the molecule is N[C@@H](Cc1cnc[nH]1)C(=O)N1CCN(c2nc3ccccc3s2)CC1. The summed E-state index contributed by atoms with van der Waals surface area (Å²) < 4.78 is 1.19. The van der Waals surface area contributed by atoms with Crippen molar-refractivity contribution < 1.29 is 4.79 Å². The zero-order valence-electron chi connectivity index (χ0n) is 13.8. The first-order valence-corrected chi connectivity index (χ1v) is 9.14. The first-order chi connectivity index (χ1) is 12.2. The number of imidazole rings is 1. The fraction of sp³-hybridized carbons (Fsp3) is 0.353. The molecule has 0 saturated carbocycles. The van der Waals surface area contributed by atoms with Gasteiger partial charge in [-0.2, -0.15) is 0 Å². The molecule has 0 bridgehead atoms. The maximum absolute atomic E-state index is 12.5. The number of nitrogens with two attached hydrogens (primary N) is 1. The van der Waals surface area contributed by atoms with Crippen molar-refractivity contribution >= 4 is 32.6 Å². The van der Waals surface area contributed by atoms with Gasteiger partial charge in [-0.25, -0.2) is 9.97 Å². The number of carbonyl (C=O) groups is 1. The highest BCUT2D eigenvalue weighted by Crippen LogP contribution is 2.29. The molecule has 25 heavy (non-hydrogen) atoms. The Morgan fingerprint density at radius 3 is 2.80 bits per heavy atom. The average molecular weight is 356 g/mol. The van der Waals surface area contributed by atoms with Gasteiger partial charge in [-0.15, -0.1) is 0 Å². The first kappa shape index (κ1) is 16.0. The lowest BCUT2D eigenvalue weighted by atomic mass is 10.1. The highest BCUT2D eigenvalue weighted by Gasteiger charge is 2.26. The summed E-state index contributed by atoms with van der Waals surface area (Å²) >= 11 is 1.70. The number of carbonyl (C=O) groups excluding carboxylic acids is 1. The van der Waals surface area contributed by atoms with Crippen molar-refractivity contribution in [3.63, 3.8) is 0 Å². The normalized spacial score (nSPS) is 16.4. The molecule has 1 amide bonds. The summed E-state index contributed by atoms with van der Waals surface area (Å²) in [6.07, 6.45) is 3.79. The van der Waals surface area contributed by atoms with Crippen LogP contribution in [0.5, 0.6) is 0 Å². The lowest BCUT2D eigenvalue weighted by Crippen LogP contribution is -2.53. The quantitative estimate of drug-likeness (QED) is 0.734. The number of amides is 1. The summed E-state index contributed by atoms with van der Waals surface area (Å²) in [6, 6.07) is 7.62. The molecular formula is C17H20N6OS. The second-order valence-corrected chi connectivity index (χ2v) is 7.17. The molecule has 1 fully saturated rings. The number of piperazine rings is 1. The third-order valence-electron chi connectivity index (χ3n) is 4.46. The molecule has 130 valence electrons. The van der Waals surface area contributed by atoms with Crippen LogP contribution in [0.1, 0.15) is 5.69 Å². The number of thiazole rings is 1. The van der Waals surface area contributed by atoms with E-state index in [1.165, 1.54) is 4.70 Å². The van der Waals surface area contributed by atoms with Gasteiger partial charge in [-0.1, -0.05) is 23.5 Å². The predicted octanol–water partition coefficient (Wildman–Crippen LogP) is 1.24. The van der Waals surface area contributed by atoms with E-state index in [2.05, 4.69) is 20.9 Å². The molecule has 3 N–H and O–H groups in total. The molecular weight excluding hydrogens is 336 g/mol. The third kappa shape index (κ3) is 3.35. The minimum Gasteiger partial charge on any atom is -0.348 e. The van der Waals surface area contributed by atoms with E-state index in [9.17, 15) is 4.79 Å². The van der Waals surface area contributed by atoms with Gasteiger partial charge < -0.3 is 20.5 Å². The van der Waals surface area contributed by atoms with Crippen molar-refractivity contribution in [3.8, 4) is 0 Å². The number of aromatic nitrogens is 3. The van der Waals surface area contributed by atoms with Crippen LogP contribution in [0.4, 0.5) is 5.13 Å². The van der Waals surface area contributed by atoms with E-state index in [1.54, 1.807) is 23.9 Å². The maximum atomic E-state index is 12.5. The van der Waals surface area contributed by atoms with Gasteiger partial charge in [0.25, 0.3) is 0 Å². The molecule has 0 unspecified atom stereocenters. The number of H-pyrrole nitrogens is 1. The molecule has 1 aliphatic rings. The monoisotopic (exact) mass is 356 g/mol. The Kier molecular flexibility index (Phi) is 4.37. The first-order valence-electron chi connectivity index (χ1n) is 8.33. The maximum Gasteiger partial charge on any atom is 0.240 e. The van der Waals surface area contributed by atoms with E-state index in [4.69, 9.17) is 10.7 Å². The fourth-order valence-electron chi connectivity index (χ4n) is 3.07. The van der Waals surface area contributed by atoms with Crippen molar-refractivity contribution in [2.45, 2.75) is 12.5 Å². The van der Waals surface area contributed by atoms with Crippen molar-refractivity contribution in [2.75, 3.05) is 31.1 Å². The van der Waals surface area contributed by atoms with Crippen LogP contribution in [-0.2, 0) is 11.2 Å². The molecule has 8 heteroatoms. The summed E-state index contributed by atoms with van der Waals surface area (Å²) in [5.41, 5.74) is 7.99. The zero-order chi connectivity index (χ0) is 17.2. The van der Waals surface area contributed by atoms with E-state index >= 15 is 0 Å². The van der Waals surface area contributed by atoms with Crippen LogP contribution in [0.25, 0.3) is 10.2 Å². The molecule has 1 aromatic carbocycles. The topological polar surface area (TPSA) is 91.1 Å². The van der Waals surface area contributed by atoms with Crippen molar-refractivity contribution in [3.05, 3.63) is 42.5 Å². The summed E-state index contributed by atoms with van der Waals surface area (Å²) in [7, 11) is 0. The Morgan fingerprint density at radius 1 is 1.28 bits per heavy atom. The van der Waals surface area contributed by atoms with Crippen molar-refractivity contribution in [1.82, 2.24) is 19.9 Å². The second kappa shape index (κ2) is 6.81. The van der Waals surface area contributed by atoms with E-state index in [-0.39, 0.29) is 5.91 Å². The molecule has 3 heterocycles. The Bertz CT molecular complexity index is 820. The number of hydrogen-bond acceptors (Lipinski definition) is 6. The van der Waals surface area contributed by atoms with Gasteiger partial charge in [0.2, 0.25) is 5.91 Å². The van der Waals surface area contributed by atoms with Crippen LogP contribution in [0.15, 0.2) is 36.8 Å². The minimum absolute atomic E-state index is 0.00134. The Hall–Kier alpha value is -2.45. The van der Waals surface area contributed by atoms with E-state index in [0.717, 1.165) is 29.4 Å². The largest absolute Gasteiger partial charge is 0.348 e. The molecule has 1 aliphatic heterocycles. The minimum atomic E-state index is -0.533. The van der Waals surface area contributed by atoms with Crippen LogP contribution in [0.2, 0.25) is 0 Å². The van der Waals surface area contributed by atoms with Gasteiger partial charge in [-0.3, -0.25) is 4.79 Å². The summed E-state index contributed by atoms with van der Waals surface area (Å²) in [4.78, 5) is 28.3. The molecule has 0 radical (unpaired) electrons. The average Bonchev–Trinajstić information content (AvgIpc) is 3.30. The lowest BCUT2D eigenvalue weighted by molar-refractivity contribution is -0.132. The van der Waals surface area contributed by atoms with Gasteiger partial charge in [0, 0.05) is 44.5 Å². The van der Waals surface area contributed by atoms with Crippen molar-refractivity contribution in [2.24, 2.45) is 5.73 Å². The molecule has 1 atom stereocenters.